The molecule has 3 aliphatic heterocycles. The molecule has 6 aromatic rings. The minimum atomic E-state index is -0.517. The number of aromatic nitrogens is 9. The van der Waals surface area contributed by atoms with E-state index >= 15 is 0 Å². The van der Waals surface area contributed by atoms with E-state index in [-0.39, 0.29) is 54.2 Å². The van der Waals surface area contributed by atoms with Crippen molar-refractivity contribution in [2.75, 3.05) is 35.6 Å². The van der Waals surface area contributed by atoms with Crippen molar-refractivity contribution >= 4 is 67.1 Å². The van der Waals surface area contributed by atoms with Gasteiger partial charge in [-0.25, -0.2) is 0 Å². The van der Waals surface area contributed by atoms with E-state index in [9.17, 15) is 27.6 Å². The summed E-state index contributed by atoms with van der Waals surface area (Å²) in [6.07, 6.45) is 5.41. The zero-order valence-corrected chi connectivity index (χ0v) is 47.4. The molecule has 3 amide bonds. The summed E-state index contributed by atoms with van der Waals surface area (Å²) in [7, 11) is 0. The van der Waals surface area contributed by atoms with Crippen molar-refractivity contribution in [1.29, 1.82) is 0 Å². The van der Waals surface area contributed by atoms with Crippen molar-refractivity contribution < 1.29 is 55.3 Å². The molecular weight excluding hydrogens is 1080 g/mol. The second-order valence-electron chi connectivity index (χ2n) is 19.3. The molecule has 6 atom stereocenters. The predicted molar refractivity (Wildman–Crippen MR) is 279 cm³/mol. The molecule has 0 aromatic carbocycles. The number of nitrogens with one attached hydrogen (secondary N) is 3. The van der Waals surface area contributed by atoms with Crippen molar-refractivity contribution in [3.63, 3.8) is 0 Å². The Labute approximate surface area is 460 Å². The number of piperidine rings is 3. The van der Waals surface area contributed by atoms with Crippen LogP contribution in [0.1, 0.15) is 130 Å². The van der Waals surface area contributed by atoms with Crippen molar-refractivity contribution in [3.8, 4) is 0 Å². The van der Waals surface area contributed by atoms with Crippen molar-refractivity contribution in [2.24, 2.45) is 0 Å². The Kier molecular flexibility index (Phi) is 21.8. The first kappa shape index (κ1) is 59.9. The molecule has 3 aliphatic rings. The molecule has 0 unspecified atom stereocenters. The van der Waals surface area contributed by atoms with Gasteiger partial charge in [-0.15, -0.1) is 0 Å². The molecule has 9 rings (SSSR count). The molecule has 0 aliphatic carbocycles. The molecule has 426 valence electrons. The second kappa shape index (κ2) is 28.4. The number of carbonyl (C=O) groups is 3. The fraction of sp³-hybridized carbons (Fsp3) is 0.625. The van der Waals surface area contributed by atoms with Crippen LogP contribution in [-0.2, 0) is 68.0 Å². The van der Waals surface area contributed by atoms with Crippen LogP contribution in [0.5, 0.6) is 0 Å². The number of rotatable bonds is 18. The third kappa shape index (κ3) is 18.4. The number of carbonyl (C=O) groups excluding carboxylic acids is 3. The van der Waals surface area contributed by atoms with Gasteiger partial charge in [0.1, 0.15) is 19.8 Å². The van der Waals surface area contributed by atoms with Gasteiger partial charge in [0.25, 0.3) is 0 Å². The van der Waals surface area contributed by atoms with E-state index in [1.54, 1.807) is 20.8 Å². The maximum absolute atomic E-state index is 14.0. The predicted octanol–water partition coefficient (Wildman–Crippen LogP) is 7.51. The van der Waals surface area contributed by atoms with Crippen molar-refractivity contribution in [3.05, 3.63) is 67.6 Å². The number of thiazole rings is 3. The number of nitrogens with zero attached hydrogens (tertiary/aromatic N) is 12. The largest absolute Gasteiger partial charge is 0.370 e. The lowest BCUT2D eigenvalue weighted by Gasteiger charge is -2.37. The Bertz CT molecular complexity index is 2600. The molecule has 0 radical (unpaired) electrons. The fourth-order valence-electron chi connectivity index (χ4n) is 8.93. The Morgan fingerprint density at radius 1 is 0.500 bits per heavy atom. The molecule has 0 saturated carbocycles. The van der Waals surface area contributed by atoms with E-state index in [1.165, 1.54) is 54.8 Å². The van der Waals surface area contributed by atoms with Gasteiger partial charge in [0.2, 0.25) is 53.2 Å². The third-order valence-corrected chi connectivity index (χ3v) is 15.6. The topological polar surface area (TPSA) is 280 Å². The monoisotopic (exact) mass is 1150 g/mol. The molecule has 6 aromatic heterocycles. The minimum absolute atomic E-state index is 0.112. The van der Waals surface area contributed by atoms with Crippen LogP contribution < -0.4 is 16.0 Å². The maximum Gasteiger partial charge on any atom is 0.230 e. The zero-order valence-electron chi connectivity index (χ0n) is 45.0. The van der Waals surface area contributed by atoms with Gasteiger partial charge < -0.3 is 43.7 Å². The standard InChI is InChI=1S/3C16H22FN5O3S/c3*1-9-6-12(24-8-14-19-11(3)25-21-14)4-5-22(9)7-13-15(17)20-16(26-13)18-10(2)23/h3*9,12H,4-8H2,1-3H3,(H,18,20,23)/t2*9-,12+;9-,12-/m101/s1. The van der Waals surface area contributed by atoms with Crippen molar-refractivity contribution in [1.82, 2.24) is 60.1 Å². The summed E-state index contributed by atoms with van der Waals surface area (Å²) in [6.45, 7) is 20.5. The zero-order chi connectivity index (χ0) is 56.0. The highest BCUT2D eigenvalue weighted by Crippen LogP contribution is 2.31. The number of halogens is 3. The first-order valence-corrected chi connectivity index (χ1v) is 27.9. The lowest BCUT2D eigenvalue weighted by atomic mass is 10.0. The van der Waals surface area contributed by atoms with Gasteiger partial charge in [0.05, 0.1) is 32.9 Å². The van der Waals surface area contributed by atoms with Crippen LogP contribution in [0.2, 0.25) is 0 Å². The first-order chi connectivity index (χ1) is 37.2. The van der Waals surface area contributed by atoms with E-state index in [0.29, 0.717) is 105 Å². The van der Waals surface area contributed by atoms with E-state index in [2.05, 4.69) is 96.8 Å². The van der Waals surface area contributed by atoms with E-state index < -0.39 is 17.8 Å². The number of aryl methyl sites for hydroxylation is 3. The smallest absolute Gasteiger partial charge is 0.230 e. The molecular formula is C48H66F3N15O9S3. The number of ether oxygens (including phenoxy) is 3. The maximum atomic E-state index is 14.0. The summed E-state index contributed by atoms with van der Waals surface area (Å²) >= 11 is 3.53. The first-order valence-electron chi connectivity index (χ1n) is 25.4. The Balaban J connectivity index is 0.000000170. The fourth-order valence-corrected chi connectivity index (χ4v) is 11.7. The molecule has 3 N–H and O–H groups in total. The molecule has 9 heterocycles. The van der Waals surface area contributed by atoms with E-state index in [1.807, 2.05) is 0 Å². The molecule has 24 nitrogen and oxygen atoms in total. The van der Waals surface area contributed by atoms with Crippen molar-refractivity contribution in [2.45, 2.75) is 177 Å². The summed E-state index contributed by atoms with van der Waals surface area (Å²) < 4.78 is 74.4. The number of hydrogen-bond donors (Lipinski definition) is 3. The van der Waals surface area contributed by atoms with Gasteiger partial charge in [-0.3, -0.25) is 29.1 Å². The van der Waals surface area contributed by atoms with E-state index in [4.69, 9.17) is 27.8 Å². The molecule has 3 fully saturated rings. The summed E-state index contributed by atoms with van der Waals surface area (Å²) in [5, 5.41) is 19.9. The summed E-state index contributed by atoms with van der Waals surface area (Å²) in [5.41, 5.74) is 0. The lowest BCUT2D eigenvalue weighted by molar-refractivity contribution is -0.115. The summed E-state index contributed by atoms with van der Waals surface area (Å²) in [4.78, 5) is 65.1. The second-order valence-corrected chi connectivity index (χ2v) is 22.5. The van der Waals surface area contributed by atoms with Crippen LogP contribution in [0.25, 0.3) is 0 Å². The normalized spacial score (nSPS) is 21.1. The van der Waals surface area contributed by atoms with Gasteiger partial charge in [-0.2, -0.15) is 43.1 Å². The number of anilines is 3. The number of hydrogen-bond acceptors (Lipinski definition) is 24. The highest BCUT2D eigenvalue weighted by Gasteiger charge is 2.31. The summed E-state index contributed by atoms with van der Waals surface area (Å²) in [6, 6.07) is 0.726. The molecule has 3 saturated heterocycles. The summed E-state index contributed by atoms with van der Waals surface area (Å²) in [5.74, 6) is 0.908. The van der Waals surface area contributed by atoms with Gasteiger partial charge in [-0.1, -0.05) is 49.5 Å². The molecule has 30 heteroatoms. The van der Waals surface area contributed by atoms with Gasteiger partial charge >= 0.3 is 0 Å². The van der Waals surface area contributed by atoms with Gasteiger partial charge in [-0.05, 0) is 59.3 Å². The third-order valence-electron chi connectivity index (χ3n) is 12.8. The highest BCUT2D eigenvalue weighted by molar-refractivity contribution is 7.16. The van der Waals surface area contributed by atoms with Crippen LogP contribution in [0.15, 0.2) is 13.6 Å². The Morgan fingerprint density at radius 3 is 0.987 bits per heavy atom. The Hall–Kier alpha value is -5.73. The van der Waals surface area contributed by atoms with Crippen LogP contribution in [0.4, 0.5) is 28.6 Å². The van der Waals surface area contributed by atoms with Crippen LogP contribution in [-0.4, -0.2) is 134 Å². The molecule has 78 heavy (non-hydrogen) atoms. The van der Waals surface area contributed by atoms with Gasteiger partial charge in [0, 0.05) is 98.9 Å². The molecule has 0 bridgehead atoms. The van der Waals surface area contributed by atoms with E-state index in [0.717, 1.165) is 58.2 Å². The van der Waals surface area contributed by atoms with Crippen LogP contribution in [0, 0.1) is 38.6 Å². The average molecular weight is 1150 g/mol. The highest BCUT2D eigenvalue weighted by atomic mass is 32.1. The minimum Gasteiger partial charge on any atom is -0.370 e. The lowest BCUT2D eigenvalue weighted by Crippen LogP contribution is -2.42. The average Bonchev–Trinajstić information content (AvgIpc) is 4.26. The Morgan fingerprint density at radius 2 is 0.769 bits per heavy atom. The number of likely N-dealkylation sites (tertiary alicyclic amines) is 3. The number of amides is 3. The van der Waals surface area contributed by atoms with Crippen LogP contribution in [0.3, 0.4) is 0 Å². The van der Waals surface area contributed by atoms with Crippen LogP contribution >= 0.6 is 34.0 Å². The van der Waals surface area contributed by atoms with Gasteiger partial charge in [0.15, 0.2) is 32.9 Å². The SMILES string of the molecule is CC(=O)Nc1nc(F)c(CN2CC[C@@H](OCc3noc(C)n3)C[C@@H]2C)s1.CC(=O)Nc1nc(F)c(CN2CC[C@@H](OCc3noc(C)n3)C[C@H]2C)s1.CC(=O)Nc1nc(F)c(CN2CC[C@H](OCc3noc(C)n3)C[C@H]2C)s1. The molecule has 0 spiro atoms. The quantitative estimate of drug-likeness (QED) is 0.0750.